The molecule has 0 radical (unpaired) electrons. The molecule has 0 aliphatic heterocycles. The van der Waals surface area contributed by atoms with Crippen LogP contribution in [0, 0.1) is 11.8 Å². The maximum absolute atomic E-state index is 4.02. The first-order valence-corrected chi connectivity index (χ1v) is 6.52. The lowest BCUT2D eigenvalue weighted by Gasteiger charge is -2.26. The molecular weight excluding hydrogens is 198 g/mol. The van der Waals surface area contributed by atoms with Crippen LogP contribution < -0.4 is 5.32 Å². The first-order chi connectivity index (χ1) is 7.84. The third kappa shape index (κ3) is 3.63. The first kappa shape index (κ1) is 11.6. The van der Waals surface area contributed by atoms with Crippen molar-refractivity contribution in [3.05, 3.63) is 18.2 Å². The molecule has 0 spiro atoms. The van der Waals surface area contributed by atoms with Crippen molar-refractivity contribution >= 4 is 0 Å². The zero-order valence-electron chi connectivity index (χ0n) is 10.2. The number of rotatable bonds is 5. The average molecular weight is 221 g/mol. The number of hydrogen-bond acceptors (Lipinski definition) is 2. The zero-order valence-corrected chi connectivity index (χ0v) is 10.2. The van der Waals surface area contributed by atoms with Crippen molar-refractivity contribution in [2.75, 3.05) is 13.1 Å². The smallest absolute Gasteiger partial charge is 0.0921 e. The minimum absolute atomic E-state index is 0.908. The Hall–Kier alpha value is -0.830. The number of imidazole rings is 1. The molecule has 0 saturated heterocycles. The average Bonchev–Trinajstić information content (AvgIpc) is 2.77. The summed E-state index contributed by atoms with van der Waals surface area (Å²) >= 11 is 0. The Morgan fingerprint density at radius 2 is 2.44 bits per heavy atom. The molecular formula is C13H23N3. The van der Waals surface area contributed by atoms with Crippen LogP contribution in [0.15, 0.2) is 12.5 Å². The van der Waals surface area contributed by atoms with Crippen molar-refractivity contribution in [3.63, 3.8) is 0 Å². The fourth-order valence-electron chi connectivity index (χ4n) is 2.70. The van der Waals surface area contributed by atoms with E-state index in [1.54, 1.807) is 6.33 Å². The molecule has 1 aromatic rings. The van der Waals surface area contributed by atoms with E-state index < -0.39 is 0 Å². The van der Waals surface area contributed by atoms with E-state index in [-0.39, 0.29) is 0 Å². The van der Waals surface area contributed by atoms with Crippen LogP contribution in [0.25, 0.3) is 0 Å². The monoisotopic (exact) mass is 221 g/mol. The van der Waals surface area contributed by atoms with Gasteiger partial charge in [0.05, 0.1) is 6.33 Å². The molecule has 2 rings (SSSR count). The minimum atomic E-state index is 0.908. The molecule has 0 aromatic carbocycles. The van der Waals surface area contributed by atoms with E-state index in [0.717, 1.165) is 24.8 Å². The van der Waals surface area contributed by atoms with Crippen LogP contribution in [-0.2, 0) is 6.42 Å². The molecule has 1 aliphatic rings. The normalized spacial score (nSPS) is 25.8. The number of H-pyrrole nitrogens is 1. The summed E-state index contributed by atoms with van der Waals surface area (Å²) < 4.78 is 0. The fourth-order valence-corrected chi connectivity index (χ4v) is 2.70. The molecule has 1 aromatic heterocycles. The van der Waals surface area contributed by atoms with E-state index in [1.165, 1.54) is 37.9 Å². The van der Waals surface area contributed by atoms with Gasteiger partial charge in [0.25, 0.3) is 0 Å². The van der Waals surface area contributed by atoms with Crippen molar-refractivity contribution in [1.82, 2.24) is 15.3 Å². The van der Waals surface area contributed by atoms with Gasteiger partial charge in [-0.1, -0.05) is 19.8 Å². The van der Waals surface area contributed by atoms with Crippen molar-refractivity contribution in [1.29, 1.82) is 0 Å². The highest BCUT2D eigenvalue weighted by molar-refractivity contribution is 4.94. The molecule has 1 saturated carbocycles. The van der Waals surface area contributed by atoms with Crippen molar-refractivity contribution in [3.8, 4) is 0 Å². The molecule has 1 fully saturated rings. The van der Waals surface area contributed by atoms with Crippen LogP contribution in [0.2, 0.25) is 0 Å². The molecule has 2 N–H and O–H groups in total. The van der Waals surface area contributed by atoms with Gasteiger partial charge in [0.15, 0.2) is 0 Å². The summed E-state index contributed by atoms with van der Waals surface area (Å²) in [7, 11) is 0. The molecule has 90 valence electrons. The summed E-state index contributed by atoms with van der Waals surface area (Å²) in [6.45, 7) is 4.64. The van der Waals surface area contributed by atoms with E-state index in [9.17, 15) is 0 Å². The quantitative estimate of drug-likeness (QED) is 0.749. The zero-order chi connectivity index (χ0) is 11.2. The maximum atomic E-state index is 4.02. The lowest BCUT2D eigenvalue weighted by Crippen LogP contribution is -2.28. The number of hydrogen-bond donors (Lipinski definition) is 2. The van der Waals surface area contributed by atoms with Gasteiger partial charge in [-0.2, -0.15) is 0 Å². The highest BCUT2D eigenvalue weighted by Crippen LogP contribution is 2.27. The van der Waals surface area contributed by atoms with Crippen molar-refractivity contribution in [2.24, 2.45) is 11.8 Å². The summed E-state index contributed by atoms with van der Waals surface area (Å²) in [4.78, 5) is 7.15. The Morgan fingerprint density at radius 1 is 1.50 bits per heavy atom. The van der Waals surface area contributed by atoms with Gasteiger partial charge in [0.2, 0.25) is 0 Å². The second kappa shape index (κ2) is 6.04. The van der Waals surface area contributed by atoms with Gasteiger partial charge in [-0.15, -0.1) is 0 Å². The van der Waals surface area contributed by atoms with Gasteiger partial charge in [-0.05, 0) is 31.2 Å². The first-order valence-electron chi connectivity index (χ1n) is 6.52. The molecule has 2 atom stereocenters. The van der Waals surface area contributed by atoms with Crippen molar-refractivity contribution < 1.29 is 0 Å². The largest absolute Gasteiger partial charge is 0.348 e. The minimum Gasteiger partial charge on any atom is -0.348 e. The fraction of sp³-hybridized carbons (Fsp3) is 0.769. The Kier molecular flexibility index (Phi) is 4.40. The predicted octanol–water partition coefficient (Wildman–Crippen LogP) is 2.37. The molecule has 1 aliphatic carbocycles. The predicted molar refractivity (Wildman–Crippen MR) is 66.3 cm³/mol. The standard InChI is InChI=1S/C13H23N3/c1-11-3-2-4-12(7-11)8-14-6-5-13-9-15-10-16-13/h9-12,14H,2-8H2,1H3,(H,15,16). The third-order valence-corrected chi connectivity index (χ3v) is 3.60. The molecule has 1 heterocycles. The molecule has 16 heavy (non-hydrogen) atoms. The number of nitrogens with zero attached hydrogens (tertiary/aromatic N) is 1. The highest BCUT2D eigenvalue weighted by atomic mass is 14.9. The van der Waals surface area contributed by atoms with Crippen molar-refractivity contribution in [2.45, 2.75) is 39.0 Å². The second-order valence-electron chi connectivity index (χ2n) is 5.17. The van der Waals surface area contributed by atoms with Crippen LogP contribution in [-0.4, -0.2) is 23.1 Å². The third-order valence-electron chi connectivity index (χ3n) is 3.60. The second-order valence-corrected chi connectivity index (χ2v) is 5.17. The Morgan fingerprint density at radius 3 is 3.19 bits per heavy atom. The van der Waals surface area contributed by atoms with Crippen LogP contribution in [0.1, 0.15) is 38.3 Å². The summed E-state index contributed by atoms with van der Waals surface area (Å²) in [5, 5.41) is 3.57. The van der Waals surface area contributed by atoms with Gasteiger partial charge in [-0.25, -0.2) is 4.98 Å². The summed E-state index contributed by atoms with van der Waals surface area (Å²) in [5.74, 6) is 1.85. The van der Waals surface area contributed by atoms with E-state index in [1.807, 2.05) is 6.20 Å². The summed E-state index contributed by atoms with van der Waals surface area (Å²) in [6.07, 6.45) is 10.4. The number of nitrogens with one attached hydrogen (secondary N) is 2. The summed E-state index contributed by atoms with van der Waals surface area (Å²) in [6, 6.07) is 0. The van der Waals surface area contributed by atoms with Gasteiger partial charge in [0.1, 0.15) is 0 Å². The van der Waals surface area contributed by atoms with E-state index in [4.69, 9.17) is 0 Å². The van der Waals surface area contributed by atoms with E-state index >= 15 is 0 Å². The molecule has 0 bridgehead atoms. The van der Waals surface area contributed by atoms with Gasteiger partial charge < -0.3 is 10.3 Å². The molecule has 3 heteroatoms. The van der Waals surface area contributed by atoms with Crippen LogP contribution in [0.5, 0.6) is 0 Å². The number of aromatic nitrogens is 2. The van der Waals surface area contributed by atoms with Crippen LogP contribution >= 0.6 is 0 Å². The molecule has 3 nitrogen and oxygen atoms in total. The van der Waals surface area contributed by atoms with Gasteiger partial charge in [0, 0.05) is 24.9 Å². The Labute approximate surface area is 98.1 Å². The Bertz CT molecular complexity index is 281. The maximum Gasteiger partial charge on any atom is 0.0921 e. The van der Waals surface area contributed by atoms with Gasteiger partial charge in [-0.3, -0.25) is 0 Å². The molecule has 0 amide bonds. The lowest BCUT2D eigenvalue weighted by atomic mass is 9.82. The highest BCUT2D eigenvalue weighted by Gasteiger charge is 2.17. The Balaban J connectivity index is 1.57. The van der Waals surface area contributed by atoms with E-state index in [2.05, 4.69) is 22.2 Å². The van der Waals surface area contributed by atoms with E-state index in [0.29, 0.717) is 0 Å². The lowest BCUT2D eigenvalue weighted by molar-refractivity contribution is 0.275. The van der Waals surface area contributed by atoms with Crippen LogP contribution in [0.3, 0.4) is 0 Å². The summed E-state index contributed by atoms with van der Waals surface area (Å²) in [5.41, 5.74) is 1.23. The topological polar surface area (TPSA) is 40.7 Å². The molecule has 2 unspecified atom stereocenters. The number of aromatic amines is 1. The van der Waals surface area contributed by atoms with Crippen LogP contribution in [0.4, 0.5) is 0 Å². The van der Waals surface area contributed by atoms with Gasteiger partial charge >= 0.3 is 0 Å². The SMILES string of the molecule is CC1CCCC(CNCCc2cnc[nH]2)C1.